The van der Waals surface area contributed by atoms with Crippen LogP contribution in [0.1, 0.15) is 5.56 Å². The lowest BCUT2D eigenvalue weighted by Gasteiger charge is -2.06. The highest BCUT2D eigenvalue weighted by Gasteiger charge is 2.12. The molecule has 3 rings (SSSR count). The lowest BCUT2D eigenvalue weighted by molar-refractivity contribution is 0.414. The normalized spacial score (nSPS) is 10.6. The highest BCUT2D eigenvalue weighted by atomic mass is 32.2. The van der Waals surface area contributed by atoms with Gasteiger partial charge in [-0.3, -0.25) is 0 Å². The second-order valence-electron chi connectivity index (χ2n) is 5.23. The summed E-state index contributed by atoms with van der Waals surface area (Å²) in [5.74, 6) is 3.32. The van der Waals surface area contributed by atoms with Crippen LogP contribution in [0.2, 0.25) is 0 Å². The molecule has 0 unspecified atom stereocenters. The maximum Gasteiger partial charge on any atom is 0.191 e. The molecule has 0 aliphatic rings. The molecule has 0 saturated carbocycles. The monoisotopic (exact) mass is 341 g/mol. The van der Waals surface area contributed by atoms with Gasteiger partial charge in [-0.1, -0.05) is 36.0 Å². The van der Waals surface area contributed by atoms with Crippen molar-refractivity contribution in [3.05, 3.63) is 54.1 Å². The molecule has 5 nitrogen and oxygen atoms in total. The fourth-order valence-corrected chi connectivity index (χ4v) is 3.19. The van der Waals surface area contributed by atoms with Crippen molar-refractivity contribution >= 4 is 11.8 Å². The van der Waals surface area contributed by atoms with Crippen LogP contribution in [0, 0.1) is 0 Å². The van der Waals surface area contributed by atoms with Crippen LogP contribution in [0.15, 0.2) is 53.7 Å². The minimum atomic E-state index is 0.808. The van der Waals surface area contributed by atoms with Crippen LogP contribution in [-0.2, 0) is 12.8 Å². The Kier molecular flexibility index (Phi) is 5.05. The van der Waals surface area contributed by atoms with Gasteiger partial charge in [0.05, 0.1) is 14.2 Å². The van der Waals surface area contributed by atoms with Gasteiger partial charge in [0.15, 0.2) is 11.0 Å². The first-order valence-electron chi connectivity index (χ1n) is 7.51. The zero-order valence-electron chi connectivity index (χ0n) is 13.9. The van der Waals surface area contributed by atoms with Crippen LogP contribution in [0.25, 0.3) is 11.4 Å². The Hall–Kier alpha value is -2.47. The smallest absolute Gasteiger partial charge is 0.191 e. The highest BCUT2D eigenvalue weighted by Crippen LogP contribution is 2.27. The van der Waals surface area contributed by atoms with Gasteiger partial charge in [-0.05, 0) is 29.8 Å². The average molecular weight is 341 g/mol. The minimum absolute atomic E-state index is 0.808. The van der Waals surface area contributed by atoms with Gasteiger partial charge in [-0.2, -0.15) is 0 Å². The SMILES string of the molecule is COc1ccc(CSc2nnc(-c3cccc(OC)c3)n2C)cc1. The number of nitrogens with zero attached hydrogens (tertiary/aromatic N) is 3. The molecule has 0 atom stereocenters. The summed E-state index contributed by atoms with van der Waals surface area (Å²) < 4.78 is 12.5. The van der Waals surface area contributed by atoms with Crippen molar-refractivity contribution in [2.45, 2.75) is 10.9 Å². The lowest BCUT2D eigenvalue weighted by Crippen LogP contribution is -1.95. The summed E-state index contributed by atoms with van der Waals surface area (Å²) in [5.41, 5.74) is 2.20. The Morgan fingerprint density at radius 2 is 1.71 bits per heavy atom. The summed E-state index contributed by atoms with van der Waals surface area (Å²) >= 11 is 1.66. The largest absolute Gasteiger partial charge is 0.497 e. The number of hydrogen-bond donors (Lipinski definition) is 0. The molecule has 0 radical (unpaired) electrons. The molecule has 24 heavy (non-hydrogen) atoms. The van der Waals surface area contributed by atoms with E-state index in [1.165, 1.54) is 5.56 Å². The van der Waals surface area contributed by atoms with E-state index in [2.05, 4.69) is 22.3 Å². The van der Waals surface area contributed by atoms with E-state index in [0.717, 1.165) is 33.8 Å². The fourth-order valence-electron chi connectivity index (χ4n) is 2.32. The summed E-state index contributed by atoms with van der Waals surface area (Å²) in [4.78, 5) is 0. The van der Waals surface area contributed by atoms with E-state index < -0.39 is 0 Å². The second kappa shape index (κ2) is 7.40. The Labute approximate surface area is 145 Å². The molecule has 0 N–H and O–H groups in total. The molecular formula is C18H19N3O2S. The first-order chi connectivity index (χ1) is 11.7. The first kappa shape index (κ1) is 16.4. The Morgan fingerprint density at radius 3 is 2.42 bits per heavy atom. The zero-order valence-corrected chi connectivity index (χ0v) is 14.7. The van der Waals surface area contributed by atoms with Gasteiger partial charge in [-0.15, -0.1) is 10.2 Å². The molecule has 124 valence electrons. The summed E-state index contributed by atoms with van der Waals surface area (Å²) in [6.07, 6.45) is 0. The molecule has 3 aromatic rings. The van der Waals surface area contributed by atoms with Crippen molar-refractivity contribution in [1.82, 2.24) is 14.8 Å². The topological polar surface area (TPSA) is 49.2 Å². The number of aromatic nitrogens is 3. The quantitative estimate of drug-likeness (QED) is 0.639. The average Bonchev–Trinajstić information content (AvgIpc) is 3.01. The van der Waals surface area contributed by atoms with E-state index in [0.29, 0.717) is 0 Å². The van der Waals surface area contributed by atoms with Crippen LogP contribution >= 0.6 is 11.8 Å². The van der Waals surface area contributed by atoms with Gasteiger partial charge in [0.2, 0.25) is 0 Å². The molecule has 0 amide bonds. The van der Waals surface area contributed by atoms with Crippen molar-refractivity contribution in [2.24, 2.45) is 7.05 Å². The standard InChI is InChI=1S/C18H19N3O2S/c1-21-17(14-5-4-6-16(11-14)23-3)19-20-18(21)24-12-13-7-9-15(22-2)10-8-13/h4-11H,12H2,1-3H3. The predicted molar refractivity (Wildman–Crippen MR) is 95.5 cm³/mol. The van der Waals surface area contributed by atoms with Gasteiger partial charge in [0.25, 0.3) is 0 Å². The molecule has 6 heteroatoms. The van der Waals surface area contributed by atoms with Crippen molar-refractivity contribution in [3.8, 4) is 22.9 Å². The molecule has 0 fully saturated rings. The zero-order chi connectivity index (χ0) is 16.9. The number of ether oxygens (including phenoxy) is 2. The molecule has 0 bridgehead atoms. The molecule has 0 saturated heterocycles. The van der Waals surface area contributed by atoms with Gasteiger partial charge in [0.1, 0.15) is 11.5 Å². The number of methoxy groups -OCH3 is 2. The van der Waals surface area contributed by atoms with Crippen molar-refractivity contribution < 1.29 is 9.47 Å². The van der Waals surface area contributed by atoms with E-state index in [4.69, 9.17) is 9.47 Å². The Bertz CT molecular complexity index is 815. The maximum absolute atomic E-state index is 5.27. The number of benzene rings is 2. The van der Waals surface area contributed by atoms with E-state index >= 15 is 0 Å². The number of thioether (sulfide) groups is 1. The van der Waals surface area contributed by atoms with Crippen LogP contribution in [-0.4, -0.2) is 29.0 Å². The number of hydrogen-bond acceptors (Lipinski definition) is 5. The molecule has 1 aromatic heterocycles. The van der Waals surface area contributed by atoms with Crippen molar-refractivity contribution in [3.63, 3.8) is 0 Å². The third-order valence-corrected chi connectivity index (χ3v) is 4.78. The predicted octanol–water partition coefficient (Wildman–Crippen LogP) is 3.79. The second-order valence-corrected chi connectivity index (χ2v) is 6.18. The maximum atomic E-state index is 5.27. The minimum Gasteiger partial charge on any atom is -0.497 e. The Morgan fingerprint density at radius 1 is 0.958 bits per heavy atom. The molecule has 0 spiro atoms. The lowest BCUT2D eigenvalue weighted by atomic mass is 10.2. The van der Waals surface area contributed by atoms with E-state index in [1.807, 2.05) is 48.0 Å². The fraction of sp³-hybridized carbons (Fsp3) is 0.222. The third-order valence-electron chi connectivity index (χ3n) is 3.69. The van der Waals surface area contributed by atoms with Gasteiger partial charge < -0.3 is 14.0 Å². The van der Waals surface area contributed by atoms with Crippen molar-refractivity contribution in [2.75, 3.05) is 14.2 Å². The number of rotatable bonds is 6. The molecule has 0 aliphatic heterocycles. The summed E-state index contributed by atoms with van der Waals surface area (Å²) in [6, 6.07) is 15.9. The van der Waals surface area contributed by atoms with E-state index in [1.54, 1.807) is 26.0 Å². The summed E-state index contributed by atoms with van der Waals surface area (Å²) in [7, 11) is 5.31. The van der Waals surface area contributed by atoms with E-state index in [9.17, 15) is 0 Å². The Balaban J connectivity index is 1.74. The molecular weight excluding hydrogens is 322 g/mol. The van der Waals surface area contributed by atoms with E-state index in [-0.39, 0.29) is 0 Å². The molecule has 2 aromatic carbocycles. The van der Waals surface area contributed by atoms with Crippen LogP contribution < -0.4 is 9.47 Å². The van der Waals surface area contributed by atoms with Crippen LogP contribution in [0.4, 0.5) is 0 Å². The molecule has 1 heterocycles. The summed E-state index contributed by atoms with van der Waals surface area (Å²) in [5, 5.41) is 9.50. The van der Waals surface area contributed by atoms with Gasteiger partial charge in [-0.25, -0.2) is 0 Å². The van der Waals surface area contributed by atoms with Crippen LogP contribution in [0.3, 0.4) is 0 Å². The van der Waals surface area contributed by atoms with Gasteiger partial charge >= 0.3 is 0 Å². The third kappa shape index (κ3) is 3.54. The van der Waals surface area contributed by atoms with Gasteiger partial charge in [0, 0.05) is 18.4 Å². The summed E-state index contributed by atoms with van der Waals surface area (Å²) in [6.45, 7) is 0. The molecule has 0 aliphatic carbocycles. The van der Waals surface area contributed by atoms with Crippen LogP contribution in [0.5, 0.6) is 11.5 Å². The van der Waals surface area contributed by atoms with Crippen molar-refractivity contribution in [1.29, 1.82) is 0 Å². The first-order valence-corrected chi connectivity index (χ1v) is 8.49. The highest BCUT2D eigenvalue weighted by molar-refractivity contribution is 7.98.